The quantitative estimate of drug-likeness (QED) is 0.783. The van der Waals surface area contributed by atoms with Crippen LogP contribution in [0.3, 0.4) is 0 Å². The summed E-state index contributed by atoms with van der Waals surface area (Å²) in [6.45, 7) is 4.73. The van der Waals surface area contributed by atoms with E-state index in [0.717, 1.165) is 39.3 Å². The third kappa shape index (κ3) is 3.56. The van der Waals surface area contributed by atoms with Crippen LogP contribution in [0.2, 0.25) is 0 Å². The van der Waals surface area contributed by atoms with Gasteiger partial charge in [0.15, 0.2) is 0 Å². The lowest BCUT2D eigenvalue weighted by molar-refractivity contribution is 0.0768. The van der Waals surface area contributed by atoms with Gasteiger partial charge in [-0.1, -0.05) is 18.2 Å². The molecule has 0 aromatic heterocycles. The number of nitrogens with one attached hydrogen (secondary N) is 2. The number of fused-ring (bicyclic) bond motifs is 1. The molecule has 0 saturated carbocycles. The predicted octanol–water partition coefficient (Wildman–Crippen LogP) is 1.30. The molecule has 1 heterocycles. The van der Waals surface area contributed by atoms with Crippen LogP contribution in [-0.2, 0) is 24.0 Å². The molecule has 3 heteroatoms. The first-order valence-corrected chi connectivity index (χ1v) is 7.54. The van der Waals surface area contributed by atoms with E-state index >= 15 is 0 Å². The molecule has 1 atom stereocenters. The Morgan fingerprint density at radius 2 is 2.21 bits per heavy atom. The first-order valence-electron chi connectivity index (χ1n) is 7.54. The van der Waals surface area contributed by atoms with E-state index in [1.54, 1.807) is 11.1 Å². The molecule has 104 valence electrons. The summed E-state index contributed by atoms with van der Waals surface area (Å²) in [6.07, 6.45) is 5.02. The lowest BCUT2D eigenvalue weighted by Gasteiger charge is -2.24. The largest absolute Gasteiger partial charge is 0.378 e. The smallest absolute Gasteiger partial charge is 0.0632 e. The van der Waals surface area contributed by atoms with Gasteiger partial charge in [0, 0.05) is 19.1 Å². The van der Waals surface area contributed by atoms with Gasteiger partial charge in [0.1, 0.15) is 0 Å². The minimum absolute atomic E-state index is 0.480. The van der Waals surface area contributed by atoms with Crippen molar-refractivity contribution in [3.8, 4) is 0 Å². The Bertz CT molecular complexity index is 413. The molecule has 1 fully saturated rings. The molecule has 0 amide bonds. The van der Waals surface area contributed by atoms with Gasteiger partial charge in [-0.25, -0.2) is 0 Å². The van der Waals surface area contributed by atoms with E-state index in [9.17, 15) is 0 Å². The van der Waals surface area contributed by atoms with Gasteiger partial charge in [0.2, 0.25) is 0 Å². The Hall–Kier alpha value is -0.900. The van der Waals surface area contributed by atoms with Crippen molar-refractivity contribution in [2.45, 2.75) is 31.7 Å². The highest BCUT2D eigenvalue weighted by molar-refractivity contribution is 5.35. The maximum Gasteiger partial charge on any atom is 0.0632 e. The molecular weight excluding hydrogens is 236 g/mol. The summed E-state index contributed by atoms with van der Waals surface area (Å²) in [5.41, 5.74) is 4.63. The van der Waals surface area contributed by atoms with E-state index in [1.807, 2.05) is 0 Å². The van der Waals surface area contributed by atoms with Gasteiger partial charge in [-0.3, -0.25) is 0 Å². The Balaban J connectivity index is 1.40. The number of ether oxygens (including phenoxy) is 1. The van der Waals surface area contributed by atoms with E-state index < -0.39 is 0 Å². The maximum atomic E-state index is 5.45. The van der Waals surface area contributed by atoms with Crippen LogP contribution in [0.4, 0.5) is 0 Å². The van der Waals surface area contributed by atoms with Crippen LogP contribution < -0.4 is 10.6 Å². The summed E-state index contributed by atoms with van der Waals surface area (Å²) in [7, 11) is 0. The standard InChI is InChI=1S/C16H24N2O/c1-2-14-5-4-13(10-15(14)3-1)6-7-17-11-16-12-19-9-8-18-16/h4-5,10,16-18H,1-3,6-9,11-12H2. The van der Waals surface area contributed by atoms with Crippen LogP contribution in [0.5, 0.6) is 0 Å². The van der Waals surface area contributed by atoms with Crippen LogP contribution in [-0.4, -0.2) is 38.9 Å². The van der Waals surface area contributed by atoms with Crippen LogP contribution in [0.25, 0.3) is 0 Å². The first kappa shape index (κ1) is 13.1. The van der Waals surface area contributed by atoms with Crippen LogP contribution in [0, 0.1) is 0 Å². The summed E-state index contributed by atoms with van der Waals surface area (Å²) < 4.78 is 5.45. The second-order valence-corrected chi connectivity index (χ2v) is 5.64. The second kappa shape index (κ2) is 6.51. The molecule has 1 unspecified atom stereocenters. The first-order chi connectivity index (χ1) is 9.42. The normalized spacial score (nSPS) is 22.4. The lowest BCUT2D eigenvalue weighted by Crippen LogP contribution is -2.47. The number of rotatable bonds is 5. The highest BCUT2D eigenvalue weighted by Gasteiger charge is 2.12. The van der Waals surface area contributed by atoms with E-state index in [-0.39, 0.29) is 0 Å². The molecule has 19 heavy (non-hydrogen) atoms. The summed E-state index contributed by atoms with van der Waals surface area (Å²) in [6, 6.07) is 7.52. The van der Waals surface area contributed by atoms with E-state index in [2.05, 4.69) is 28.8 Å². The van der Waals surface area contributed by atoms with Crippen molar-refractivity contribution in [2.24, 2.45) is 0 Å². The Labute approximate surface area is 115 Å². The maximum absolute atomic E-state index is 5.45. The fourth-order valence-electron chi connectivity index (χ4n) is 3.04. The molecular formula is C16H24N2O. The summed E-state index contributed by atoms with van der Waals surface area (Å²) in [5.74, 6) is 0. The third-order valence-electron chi connectivity index (χ3n) is 4.14. The molecule has 3 nitrogen and oxygen atoms in total. The molecule has 1 aliphatic heterocycles. The lowest BCUT2D eigenvalue weighted by atomic mass is 10.0. The zero-order valence-electron chi connectivity index (χ0n) is 11.6. The minimum atomic E-state index is 0.480. The van der Waals surface area contributed by atoms with Crippen molar-refractivity contribution in [1.82, 2.24) is 10.6 Å². The van der Waals surface area contributed by atoms with Crippen molar-refractivity contribution in [2.75, 3.05) is 32.8 Å². The topological polar surface area (TPSA) is 33.3 Å². The Morgan fingerprint density at radius 1 is 1.26 bits per heavy atom. The highest BCUT2D eigenvalue weighted by atomic mass is 16.5. The van der Waals surface area contributed by atoms with Gasteiger partial charge in [-0.15, -0.1) is 0 Å². The average Bonchev–Trinajstić information content (AvgIpc) is 2.92. The van der Waals surface area contributed by atoms with Crippen molar-refractivity contribution < 1.29 is 4.74 Å². The zero-order chi connectivity index (χ0) is 12.9. The Kier molecular flexibility index (Phi) is 4.49. The zero-order valence-corrected chi connectivity index (χ0v) is 11.6. The van der Waals surface area contributed by atoms with E-state index in [4.69, 9.17) is 4.74 Å². The molecule has 1 aromatic carbocycles. The number of benzene rings is 1. The summed E-state index contributed by atoms with van der Waals surface area (Å²) in [5, 5.41) is 6.99. The monoisotopic (exact) mass is 260 g/mol. The molecule has 0 radical (unpaired) electrons. The highest BCUT2D eigenvalue weighted by Crippen LogP contribution is 2.22. The number of morpholine rings is 1. The van der Waals surface area contributed by atoms with E-state index in [0.29, 0.717) is 6.04 Å². The summed E-state index contributed by atoms with van der Waals surface area (Å²) >= 11 is 0. The number of hydrogen-bond acceptors (Lipinski definition) is 3. The third-order valence-corrected chi connectivity index (χ3v) is 4.14. The number of hydrogen-bond donors (Lipinski definition) is 2. The molecule has 1 aromatic rings. The second-order valence-electron chi connectivity index (χ2n) is 5.64. The number of aryl methyl sites for hydroxylation is 2. The average molecular weight is 260 g/mol. The van der Waals surface area contributed by atoms with Gasteiger partial charge in [0.25, 0.3) is 0 Å². The predicted molar refractivity (Wildman–Crippen MR) is 77.7 cm³/mol. The SMILES string of the molecule is c1cc2c(cc1CCNCC1COCCN1)CCC2. The van der Waals surface area contributed by atoms with Gasteiger partial charge < -0.3 is 15.4 Å². The minimum Gasteiger partial charge on any atom is -0.378 e. The molecule has 0 bridgehead atoms. The Morgan fingerprint density at radius 3 is 3.11 bits per heavy atom. The van der Waals surface area contributed by atoms with Crippen LogP contribution in [0.15, 0.2) is 18.2 Å². The van der Waals surface area contributed by atoms with Crippen molar-refractivity contribution in [3.63, 3.8) is 0 Å². The van der Waals surface area contributed by atoms with Crippen molar-refractivity contribution >= 4 is 0 Å². The van der Waals surface area contributed by atoms with Crippen molar-refractivity contribution in [3.05, 3.63) is 34.9 Å². The molecule has 3 rings (SSSR count). The molecule has 2 aliphatic rings. The molecule has 2 N–H and O–H groups in total. The van der Waals surface area contributed by atoms with E-state index in [1.165, 1.54) is 24.8 Å². The fourth-order valence-corrected chi connectivity index (χ4v) is 3.04. The van der Waals surface area contributed by atoms with Crippen molar-refractivity contribution in [1.29, 1.82) is 0 Å². The molecule has 1 aliphatic carbocycles. The fraction of sp³-hybridized carbons (Fsp3) is 0.625. The van der Waals surface area contributed by atoms with Gasteiger partial charge in [0.05, 0.1) is 13.2 Å². The summed E-state index contributed by atoms with van der Waals surface area (Å²) in [4.78, 5) is 0. The van der Waals surface area contributed by atoms with Gasteiger partial charge in [-0.05, 0) is 48.9 Å². The van der Waals surface area contributed by atoms with Crippen LogP contribution in [0.1, 0.15) is 23.1 Å². The van der Waals surface area contributed by atoms with Gasteiger partial charge in [-0.2, -0.15) is 0 Å². The van der Waals surface area contributed by atoms with Crippen LogP contribution >= 0.6 is 0 Å². The molecule has 0 spiro atoms. The van der Waals surface area contributed by atoms with Gasteiger partial charge >= 0.3 is 0 Å². The molecule has 1 saturated heterocycles.